The minimum absolute atomic E-state index is 0.0165. The Morgan fingerprint density at radius 3 is 2.67 bits per heavy atom. The lowest BCUT2D eigenvalue weighted by atomic mass is 9.94. The molecule has 1 aliphatic carbocycles. The molecule has 0 radical (unpaired) electrons. The average Bonchev–Trinajstić information content (AvgIpc) is 2.88. The van der Waals surface area contributed by atoms with Crippen molar-refractivity contribution in [3.8, 4) is 5.75 Å². The number of hydrogen-bond acceptors (Lipinski definition) is 3. The second-order valence-electron chi connectivity index (χ2n) is 5.58. The van der Waals surface area contributed by atoms with E-state index in [1.165, 1.54) is 0 Å². The van der Waals surface area contributed by atoms with Crippen LogP contribution in [-0.4, -0.2) is 18.0 Å². The van der Waals surface area contributed by atoms with Crippen molar-refractivity contribution < 1.29 is 9.53 Å². The second-order valence-corrected chi connectivity index (χ2v) is 6.84. The second kappa shape index (κ2) is 5.72. The van der Waals surface area contributed by atoms with Gasteiger partial charge in [-0.2, -0.15) is 0 Å². The number of carbonyl (C=O) groups excluding carboxylic acids is 1. The maximum Gasteiger partial charge on any atom is 0.194 e. The number of benzene rings is 2. The number of nitrogens with one attached hydrogen (secondary N) is 2. The lowest BCUT2D eigenvalue weighted by molar-refractivity contribution is 0.103. The molecule has 0 fully saturated rings. The Bertz CT molecular complexity index is 923. The highest BCUT2D eigenvalue weighted by molar-refractivity contribution is 9.10. The van der Waals surface area contributed by atoms with E-state index >= 15 is 0 Å². The molecule has 1 unspecified atom stereocenters. The molecule has 120 valence electrons. The van der Waals surface area contributed by atoms with Gasteiger partial charge in [-0.15, -0.1) is 0 Å². The van der Waals surface area contributed by atoms with Crippen molar-refractivity contribution in [2.24, 2.45) is 0 Å². The summed E-state index contributed by atoms with van der Waals surface area (Å²) in [5.74, 6) is 0.743. The largest absolute Gasteiger partial charge is 0.497 e. The lowest BCUT2D eigenvalue weighted by Gasteiger charge is -2.29. The molecular formula is C18H13BrN2O2S. The molecule has 2 N–H and O–H groups in total. The van der Waals surface area contributed by atoms with Crippen molar-refractivity contribution in [3.05, 3.63) is 69.2 Å². The van der Waals surface area contributed by atoms with Crippen molar-refractivity contribution in [2.45, 2.75) is 6.04 Å². The third-order valence-electron chi connectivity index (χ3n) is 4.27. The van der Waals surface area contributed by atoms with Gasteiger partial charge in [-0.05, 0) is 36.0 Å². The highest BCUT2D eigenvalue weighted by Crippen LogP contribution is 2.42. The third-order valence-corrected chi connectivity index (χ3v) is 5.21. The van der Waals surface area contributed by atoms with Crippen molar-refractivity contribution in [3.63, 3.8) is 0 Å². The van der Waals surface area contributed by atoms with Gasteiger partial charge in [0, 0.05) is 15.6 Å². The minimum atomic E-state index is -0.335. The molecule has 1 atom stereocenters. The van der Waals surface area contributed by atoms with E-state index in [0.29, 0.717) is 16.2 Å². The van der Waals surface area contributed by atoms with Crippen molar-refractivity contribution in [1.29, 1.82) is 0 Å². The molecule has 4 rings (SSSR count). The zero-order valence-electron chi connectivity index (χ0n) is 12.7. The Kier molecular flexibility index (Phi) is 3.66. The van der Waals surface area contributed by atoms with Crippen LogP contribution in [0, 0.1) is 0 Å². The highest BCUT2D eigenvalue weighted by Gasteiger charge is 2.39. The highest BCUT2D eigenvalue weighted by atomic mass is 79.9. The first-order valence-corrected chi connectivity index (χ1v) is 8.59. The van der Waals surface area contributed by atoms with Gasteiger partial charge in [0.25, 0.3) is 0 Å². The summed E-state index contributed by atoms with van der Waals surface area (Å²) in [5, 5.41) is 6.86. The fraction of sp³-hybridized carbons (Fsp3) is 0.111. The Balaban J connectivity index is 1.91. The minimum Gasteiger partial charge on any atom is -0.497 e. The van der Waals surface area contributed by atoms with E-state index < -0.39 is 0 Å². The number of Topliss-reactive ketones (excluding diaryl/α,β-unsaturated/α-hetero) is 1. The monoisotopic (exact) mass is 400 g/mol. The van der Waals surface area contributed by atoms with E-state index in [1.54, 1.807) is 7.11 Å². The molecule has 2 aromatic carbocycles. The summed E-state index contributed by atoms with van der Waals surface area (Å²) in [6, 6.07) is 12.9. The molecule has 2 aliphatic rings. The molecule has 24 heavy (non-hydrogen) atoms. The van der Waals surface area contributed by atoms with E-state index in [2.05, 4.69) is 26.6 Å². The molecule has 0 amide bonds. The number of carbonyl (C=O) groups is 1. The summed E-state index contributed by atoms with van der Waals surface area (Å²) in [7, 11) is 1.62. The predicted molar refractivity (Wildman–Crippen MR) is 100.0 cm³/mol. The average molecular weight is 401 g/mol. The molecule has 6 heteroatoms. The predicted octanol–water partition coefficient (Wildman–Crippen LogP) is 3.58. The van der Waals surface area contributed by atoms with Gasteiger partial charge in [-0.3, -0.25) is 4.79 Å². The SMILES string of the molecule is COc1ccc(Br)c(C2NC(=S)NC3=C2C(=O)c2ccccc23)c1. The van der Waals surface area contributed by atoms with Gasteiger partial charge in [0.2, 0.25) is 0 Å². The van der Waals surface area contributed by atoms with Crippen molar-refractivity contribution >= 4 is 44.7 Å². The number of ether oxygens (including phenoxy) is 1. The summed E-state index contributed by atoms with van der Waals surface area (Å²) in [6.45, 7) is 0. The van der Waals surface area contributed by atoms with Gasteiger partial charge in [0.05, 0.1) is 24.4 Å². The van der Waals surface area contributed by atoms with Gasteiger partial charge in [0.15, 0.2) is 10.9 Å². The molecule has 0 saturated carbocycles. The number of methoxy groups -OCH3 is 1. The van der Waals surface area contributed by atoms with Crippen molar-refractivity contribution in [1.82, 2.24) is 10.6 Å². The van der Waals surface area contributed by atoms with Crippen LogP contribution < -0.4 is 15.4 Å². The maximum absolute atomic E-state index is 13.0. The van der Waals surface area contributed by atoms with Gasteiger partial charge in [-0.1, -0.05) is 40.2 Å². The smallest absolute Gasteiger partial charge is 0.194 e. The van der Waals surface area contributed by atoms with Crippen LogP contribution >= 0.6 is 28.1 Å². The number of hydrogen-bond donors (Lipinski definition) is 2. The maximum atomic E-state index is 13.0. The number of fused-ring (bicyclic) bond motifs is 2. The Hall–Kier alpha value is -2.18. The standard InChI is InChI=1S/C18H13BrN2O2S/c1-23-9-6-7-13(19)12(8-9)16-14-15(20-18(24)21-16)10-4-2-3-5-11(10)17(14)22/h2-8,16H,1H3,(H2,20,21,24). The molecule has 0 spiro atoms. The Labute approximate surface area is 153 Å². The molecule has 2 aromatic rings. The first-order valence-electron chi connectivity index (χ1n) is 7.39. The van der Waals surface area contributed by atoms with Crippen LogP contribution in [0.1, 0.15) is 27.5 Å². The zero-order chi connectivity index (χ0) is 16.8. The topological polar surface area (TPSA) is 50.4 Å². The molecule has 1 aliphatic heterocycles. The van der Waals surface area contributed by atoms with E-state index in [4.69, 9.17) is 17.0 Å². The van der Waals surface area contributed by atoms with E-state index in [1.807, 2.05) is 42.5 Å². The van der Waals surface area contributed by atoms with Crippen LogP contribution in [0.2, 0.25) is 0 Å². The number of rotatable bonds is 2. The normalized spacial score (nSPS) is 18.7. The summed E-state index contributed by atoms with van der Waals surface area (Å²) in [4.78, 5) is 13.0. The third kappa shape index (κ3) is 2.25. The molecule has 0 saturated heterocycles. The zero-order valence-corrected chi connectivity index (χ0v) is 15.1. The summed E-state index contributed by atoms with van der Waals surface area (Å²) in [6.07, 6.45) is 0. The van der Waals surface area contributed by atoms with Crippen LogP contribution in [0.3, 0.4) is 0 Å². The Morgan fingerprint density at radius 1 is 1.17 bits per heavy atom. The number of ketones is 1. The van der Waals surface area contributed by atoms with Crippen LogP contribution in [0.4, 0.5) is 0 Å². The fourth-order valence-corrected chi connectivity index (χ4v) is 3.86. The molecule has 1 heterocycles. The molecule has 4 nitrogen and oxygen atoms in total. The first-order chi connectivity index (χ1) is 11.6. The molecule has 0 bridgehead atoms. The summed E-state index contributed by atoms with van der Waals surface area (Å²) in [5.41, 5.74) is 3.97. The quantitative estimate of drug-likeness (QED) is 0.754. The Morgan fingerprint density at radius 2 is 1.92 bits per heavy atom. The number of halogens is 1. The van der Waals surface area contributed by atoms with Gasteiger partial charge >= 0.3 is 0 Å². The summed E-state index contributed by atoms with van der Waals surface area (Å²) < 4.78 is 6.22. The van der Waals surface area contributed by atoms with Gasteiger partial charge < -0.3 is 15.4 Å². The van der Waals surface area contributed by atoms with E-state index in [9.17, 15) is 4.79 Å². The fourth-order valence-electron chi connectivity index (χ4n) is 3.17. The van der Waals surface area contributed by atoms with Crippen LogP contribution in [0.15, 0.2) is 52.5 Å². The van der Waals surface area contributed by atoms with E-state index in [0.717, 1.165) is 27.0 Å². The van der Waals surface area contributed by atoms with Crippen molar-refractivity contribution in [2.75, 3.05) is 7.11 Å². The summed E-state index contributed by atoms with van der Waals surface area (Å²) >= 11 is 8.94. The van der Waals surface area contributed by atoms with Gasteiger partial charge in [0.1, 0.15) is 5.75 Å². The van der Waals surface area contributed by atoms with Crippen LogP contribution in [0.5, 0.6) is 5.75 Å². The number of thiocarbonyl (C=S) groups is 1. The lowest BCUT2D eigenvalue weighted by Crippen LogP contribution is -2.43. The van der Waals surface area contributed by atoms with Crippen LogP contribution in [-0.2, 0) is 0 Å². The van der Waals surface area contributed by atoms with Crippen LogP contribution in [0.25, 0.3) is 5.70 Å². The first kappa shape index (κ1) is 15.4. The van der Waals surface area contributed by atoms with Gasteiger partial charge in [-0.25, -0.2) is 0 Å². The molecular weight excluding hydrogens is 388 g/mol. The van der Waals surface area contributed by atoms with E-state index in [-0.39, 0.29) is 11.8 Å². The molecule has 0 aromatic heterocycles.